The van der Waals surface area contributed by atoms with Gasteiger partial charge in [0, 0.05) is 11.1 Å². The number of halogens is 1. The Balaban J connectivity index is 2.07. The number of rotatable bonds is 2. The highest BCUT2D eigenvalue weighted by Gasteiger charge is 2.04. The van der Waals surface area contributed by atoms with Crippen LogP contribution in [0.15, 0.2) is 48.5 Å². The molecule has 2 heterocycles. The lowest BCUT2D eigenvalue weighted by molar-refractivity contribution is 0.585. The Labute approximate surface area is 110 Å². The molecule has 2 aromatic heterocycles. The molecule has 0 aliphatic heterocycles. The molecule has 0 bridgehead atoms. The van der Waals surface area contributed by atoms with E-state index < -0.39 is 5.95 Å². The van der Waals surface area contributed by atoms with Gasteiger partial charge in [0.15, 0.2) is 0 Å². The van der Waals surface area contributed by atoms with E-state index in [1.165, 1.54) is 6.07 Å². The first-order chi connectivity index (χ1) is 9.22. The van der Waals surface area contributed by atoms with Gasteiger partial charge < -0.3 is 5.32 Å². The summed E-state index contributed by atoms with van der Waals surface area (Å²) in [7, 11) is 0. The summed E-state index contributed by atoms with van der Waals surface area (Å²) in [6.07, 6.45) is 0. The Morgan fingerprint density at radius 1 is 0.947 bits per heavy atom. The minimum atomic E-state index is -0.505. The number of benzene rings is 1. The van der Waals surface area contributed by atoms with E-state index in [4.69, 9.17) is 0 Å². The van der Waals surface area contributed by atoms with Crippen molar-refractivity contribution in [2.75, 3.05) is 5.32 Å². The zero-order chi connectivity index (χ0) is 13.2. The molecule has 1 N–H and O–H groups in total. The molecule has 0 unspecified atom stereocenters. The molecule has 0 saturated carbocycles. The highest BCUT2D eigenvalue weighted by Crippen LogP contribution is 2.24. The van der Waals surface area contributed by atoms with Crippen LogP contribution in [0.1, 0.15) is 5.69 Å². The van der Waals surface area contributed by atoms with E-state index >= 15 is 0 Å². The number of hydrogen-bond donors (Lipinski definition) is 1. The smallest absolute Gasteiger partial charge is 0.214 e. The maximum Gasteiger partial charge on any atom is 0.214 e. The highest BCUT2D eigenvalue weighted by molar-refractivity contribution is 5.91. The van der Waals surface area contributed by atoms with Gasteiger partial charge in [-0.05, 0) is 31.2 Å². The predicted molar refractivity (Wildman–Crippen MR) is 74.0 cm³/mol. The maximum atomic E-state index is 13.1. The second-order valence-electron chi connectivity index (χ2n) is 4.30. The highest BCUT2D eigenvalue weighted by atomic mass is 19.1. The molecule has 0 radical (unpaired) electrons. The fraction of sp³-hybridized carbons (Fsp3) is 0.0667. The van der Waals surface area contributed by atoms with Crippen LogP contribution in [-0.4, -0.2) is 9.97 Å². The number of hydrogen-bond acceptors (Lipinski definition) is 3. The molecule has 3 nitrogen and oxygen atoms in total. The first-order valence-corrected chi connectivity index (χ1v) is 5.98. The van der Waals surface area contributed by atoms with E-state index in [1.54, 1.807) is 12.1 Å². The molecule has 3 rings (SSSR count). The van der Waals surface area contributed by atoms with Crippen LogP contribution in [0.25, 0.3) is 10.9 Å². The van der Waals surface area contributed by atoms with E-state index in [2.05, 4.69) is 15.3 Å². The topological polar surface area (TPSA) is 37.8 Å². The fourth-order valence-electron chi connectivity index (χ4n) is 1.96. The van der Waals surface area contributed by atoms with Crippen LogP contribution in [0.2, 0.25) is 0 Å². The monoisotopic (exact) mass is 253 g/mol. The summed E-state index contributed by atoms with van der Waals surface area (Å²) in [5, 5.41) is 4.14. The Kier molecular flexibility index (Phi) is 2.83. The van der Waals surface area contributed by atoms with Crippen molar-refractivity contribution in [1.29, 1.82) is 0 Å². The molecule has 0 fully saturated rings. The average molecular weight is 253 g/mol. The zero-order valence-corrected chi connectivity index (χ0v) is 10.4. The summed E-state index contributed by atoms with van der Waals surface area (Å²) in [6, 6.07) is 14.5. The van der Waals surface area contributed by atoms with Gasteiger partial charge in [0.2, 0.25) is 5.95 Å². The van der Waals surface area contributed by atoms with Crippen LogP contribution >= 0.6 is 0 Å². The molecule has 3 aromatic rings. The van der Waals surface area contributed by atoms with E-state index in [-0.39, 0.29) is 0 Å². The summed E-state index contributed by atoms with van der Waals surface area (Å²) in [4.78, 5) is 8.30. The van der Waals surface area contributed by atoms with Crippen LogP contribution < -0.4 is 5.32 Å². The van der Waals surface area contributed by atoms with E-state index in [0.29, 0.717) is 5.82 Å². The number of aromatic nitrogens is 2. The first-order valence-electron chi connectivity index (χ1n) is 5.98. The van der Waals surface area contributed by atoms with Gasteiger partial charge in [0.25, 0.3) is 0 Å². The third-order valence-electron chi connectivity index (χ3n) is 2.84. The second-order valence-corrected chi connectivity index (χ2v) is 4.30. The first kappa shape index (κ1) is 11.6. The molecular weight excluding hydrogens is 241 g/mol. The molecule has 4 heteroatoms. The molecule has 0 aliphatic carbocycles. The largest absolute Gasteiger partial charge is 0.338 e. The summed E-state index contributed by atoms with van der Waals surface area (Å²) < 4.78 is 13.1. The second kappa shape index (κ2) is 4.65. The standard InChI is InChI=1S/C15H12FN3/c1-10-8-9-11-4-2-5-12(15(11)17-10)18-14-7-3-6-13(16)19-14/h2-9H,1H3,(H,18,19). The Morgan fingerprint density at radius 2 is 1.79 bits per heavy atom. The average Bonchev–Trinajstić information content (AvgIpc) is 2.39. The fourth-order valence-corrected chi connectivity index (χ4v) is 1.96. The summed E-state index contributed by atoms with van der Waals surface area (Å²) in [6.45, 7) is 1.94. The van der Waals surface area contributed by atoms with Crippen molar-refractivity contribution in [2.24, 2.45) is 0 Å². The van der Waals surface area contributed by atoms with Crippen LogP contribution in [0.3, 0.4) is 0 Å². The van der Waals surface area contributed by atoms with Crippen LogP contribution in [0, 0.1) is 12.9 Å². The lowest BCUT2D eigenvalue weighted by atomic mass is 10.1. The SMILES string of the molecule is Cc1ccc2cccc(Nc3cccc(F)n3)c2n1. The number of anilines is 2. The van der Waals surface area contributed by atoms with Gasteiger partial charge in [-0.1, -0.05) is 24.3 Å². The molecular formula is C15H12FN3. The zero-order valence-electron chi connectivity index (χ0n) is 10.4. The minimum Gasteiger partial charge on any atom is -0.338 e. The molecule has 0 amide bonds. The van der Waals surface area contributed by atoms with E-state index in [1.807, 2.05) is 37.3 Å². The molecule has 0 atom stereocenters. The van der Waals surface area contributed by atoms with Crippen LogP contribution in [0.5, 0.6) is 0 Å². The Bertz CT molecular complexity index is 740. The molecule has 0 aliphatic rings. The molecule has 19 heavy (non-hydrogen) atoms. The van der Waals surface area contributed by atoms with Crippen molar-refractivity contribution in [3.8, 4) is 0 Å². The number of fused-ring (bicyclic) bond motifs is 1. The maximum absolute atomic E-state index is 13.1. The van der Waals surface area contributed by atoms with Gasteiger partial charge in [0.05, 0.1) is 11.2 Å². The van der Waals surface area contributed by atoms with E-state index in [0.717, 1.165) is 22.3 Å². The summed E-state index contributed by atoms with van der Waals surface area (Å²) in [5.41, 5.74) is 2.61. The number of aryl methyl sites for hydroxylation is 1. The Morgan fingerprint density at radius 3 is 2.63 bits per heavy atom. The number of nitrogens with zero attached hydrogens (tertiary/aromatic N) is 2. The van der Waals surface area contributed by atoms with Crippen molar-refractivity contribution in [3.05, 3.63) is 60.2 Å². The predicted octanol–water partition coefficient (Wildman–Crippen LogP) is 3.82. The van der Waals surface area contributed by atoms with Gasteiger partial charge in [-0.15, -0.1) is 0 Å². The van der Waals surface area contributed by atoms with Gasteiger partial charge in [-0.3, -0.25) is 4.98 Å². The summed E-state index contributed by atoms with van der Waals surface area (Å²) in [5.74, 6) is -0.0369. The number of nitrogens with one attached hydrogen (secondary N) is 1. The Hall–Kier alpha value is -2.49. The van der Waals surface area contributed by atoms with Gasteiger partial charge >= 0.3 is 0 Å². The van der Waals surface area contributed by atoms with Crippen molar-refractivity contribution < 1.29 is 4.39 Å². The van der Waals surface area contributed by atoms with Crippen molar-refractivity contribution >= 4 is 22.4 Å². The van der Waals surface area contributed by atoms with Gasteiger partial charge in [-0.2, -0.15) is 4.39 Å². The van der Waals surface area contributed by atoms with Crippen LogP contribution in [-0.2, 0) is 0 Å². The van der Waals surface area contributed by atoms with Crippen molar-refractivity contribution in [2.45, 2.75) is 6.92 Å². The molecule has 1 aromatic carbocycles. The third-order valence-corrected chi connectivity index (χ3v) is 2.84. The normalized spacial score (nSPS) is 10.6. The van der Waals surface area contributed by atoms with Gasteiger partial charge in [0.1, 0.15) is 5.82 Å². The van der Waals surface area contributed by atoms with Crippen molar-refractivity contribution in [3.63, 3.8) is 0 Å². The molecule has 0 saturated heterocycles. The lowest BCUT2D eigenvalue weighted by Crippen LogP contribution is -1.97. The summed E-state index contributed by atoms with van der Waals surface area (Å²) >= 11 is 0. The number of pyridine rings is 2. The molecule has 94 valence electrons. The number of para-hydroxylation sites is 1. The third kappa shape index (κ3) is 2.38. The van der Waals surface area contributed by atoms with Crippen LogP contribution in [0.4, 0.5) is 15.9 Å². The quantitative estimate of drug-likeness (QED) is 0.705. The van der Waals surface area contributed by atoms with Crippen molar-refractivity contribution in [1.82, 2.24) is 9.97 Å². The van der Waals surface area contributed by atoms with E-state index in [9.17, 15) is 4.39 Å². The van der Waals surface area contributed by atoms with Gasteiger partial charge in [-0.25, -0.2) is 4.98 Å². The lowest BCUT2D eigenvalue weighted by Gasteiger charge is -2.08. The molecule has 0 spiro atoms. The minimum absolute atomic E-state index is 0.468.